The van der Waals surface area contributed by atoms with Crippen LogP contribution in [0.4, 0.5) is 0 Å². The predicted molar refractivity (Wildman–Crippen MR) is 137 cm³/mol. The Bertz CT molecular complexity index is 1130. The van der Waals surface area contributed by atoms with Gasteiger partial charge in [0.15, 0.2) is 0 Å². The van der Waals surface area contributed by atoms with E-state index >= 15 is 0 Å². The van der Waals surface area contributed by atoms with Crippen molar-refractivity contribution in [1.29, 1.82) is 0 Å². The highest BCUT2D eigenvalue weighted by Gasteiger charge is 2.53. The summed E-state index contributed by atoms with van der Waals surface area (Å²) >= 11 is 0. The van der Waals surface area contributed by atoms with Crippen molar-refractivity contribution >= 4 is 11.8 Å². The van der Waals surface area contributed by atoms with Gasteiger partial charge in [0, 0.05) is 30.9 Å². The largest absolute Gasteiger partial charge is 0.342 e. The van der Waals surface area contributed by atoms with Crippen LogP contribution in [0.2, 0.25) is 0 Å². The van der Waals surface area contributed by atoms with Crippen molar-refractivity contribution in [3.05, 3.63) is 47.3 Å². The SMILES string of the molecule is CC#CCN1C(=O)C(CC(C)C)NC(=O)C12CCN(Cc1c(C)nn(-c3ccccc3)c1C)CC2. The maximum absolute atomic E-state index is 13.4. The molecule has 1 N–H and O–H groups in total. The lowest BCUT2D eigenvalue weighted by Crippen LogP contribution is -2.72. The molecule has 0 aliphatic carbocycles. The summed E-state index contributed by atoms with van der Waals surface area (Å²) in [6.45, 7) is 12.6. The van der Waals surface area contributed by atoms with Gasteiger partial charge in [-0.2, -0.15) is 5.10 Å². The number of rotatable bonds is 6. The first kappa shape index (κ1) is 25.0. The summed E-state index contributed by atoms with van der Waals surface area (Å²) in [5, 5.41) is 7.85. The maximum Gasteiger partial charge on any atom is 0.246 e. The normalized spacial score (nSPS) is 20.2. The number of likely N-dealkylation sites (tertiary alicyclic amines) is 1. The first-order valence-corrected chi connectivity index (χ1v) is 12.6. The highest BCUT2D eigenvalue weighted by Crippen LogP contribution is 2.34. The van der Waals surface area contributed by atoms with E-state index in [4.69, 9.17) is 5.10 Å². The van der Waals surface area contributed by atoms with Gasteiger partial charge in [-0.15, -0.1) is 5.92 Å². The van der Waals surface area contributed by atoms with Crippen molar-refractivity contribution in [3.63, 3.8) is 0 Å². The Hall–Kier alpha value is -3.11. The molecule has 7 nitrogen and oxygen atoms in total. The average Bonchev–Trinajstić information content (AvgIpc) is 3.12. The van der Waals surface area contributed by atoms with Crippen LogP contribution in [0.1, 0.15) is 57.0 Å². The first-order chi connectivity index (χ1) is 16.8. The lowest BCUT2D eigenvalue weighted by Gasteiger charge is -2.51. The lowest BCUT2D eigenvalue weighted by molar-refractivity contribution is -0.160. The van der Waals surface area contributed by atoms with Crippen LogP contribution in [0.3, 0.4) is 0 Å². The van der Waals surface area contributed by atoms with E-state index < -0.39 is 11.6 Å². The molecule has 7 heteroatoms. The van der Waals surface area contributed by atoms with E-state index in [1.54, 1.807) is 11.8 Å². The van der Waals surface area contributed by atoms with Crippen LogP contribution in [0.5, 0.6) is 0 Å². The zero-order valence-electron chi connectivity index (χ0n) is 21.6. The molecule has 35 heavy (non-hydrogen) atoms. The van der Waals surface area contributed by atoms with Gasteiger partial charge in [0.05, 0.1) is 17.9 Å². The number of aromatic nitrogens is 2. The number of nitrogens with zero attached hydrogens (tertiary/aromatic N) is 4. The number of aryl methyl sites for hydroxylation is 1. The number of nitrogens with one attached hydrogen (secondary N) is 1. The second-order valence-electron chi connectivity index (χ2n) is 10.2. The molecule has 3 heterocycles. The van der Waals surface area contributed by atoms with Crippen LogP contribution in [-0.4, -0.2) is 62.6 Å². The Morgan fingerprint density at radius 3 is 2.46 bits per heavy atom. The molecule has 1 unspecified atom stereocenters. The molecule has 1 aromatic heterocycles. The molecule has 1 atom stereocenters. The number of carbonyl (C=O) groups is 2. The molecule has 2 amide bonds. The van der Waals surface area contributed by atoms with Gasteiger partial charge >= 0.3 is 0 Å². The van der Waals surface area contributed by atoms with Crippen LogP contribution in [0.25, 0.3) is 5.69 Å². The van der Waals surface area contributed by atoms with Crippen LogP contribution < -0.4 is 5.32 Å². The quantitative estimate of drug-likeness (QED) is 0.652. The zero-order valence-corrected chi connectivity index (χ0v) is 21.6. The van der Waals surface area contributed by atoms with Gasteiger partial charge in [0.1, 0.15) is 11.6 Å². The third-order valence-corrected chi connectivity index (χ3v) is 7.44. The Morgan fingerprint density at radius 1 is 1.14 bits per heavy atom. The Balaban J connectivity index is 1.51. The van der Waals surface area contributed by atoms with E-state index in [9.17, 15) is 9.59 Å². The molecule has 2 aliphatic rings. The molecule has 2 aromatic rings. The van der Waals surface area contributed by atoms with Gasteiger partial charge in [0.25, 0.3) is 0 Å². The molecule has 0 saturated carbocycles. The van der Waals surface area contributed by atoms with Crippen LogP contribution in [0.15, 0.2) is 30.3 Å². The van der Waals surface area contributed by atoms with E-state index in [0.29, 0.717) is 31.7 Å². The van der Waals surface area contributed by atoms with Crippen molar-refractivity contribution in [2.75, 3.05) is 19.6 Å². The van der Waals surface area contributed by atoms with E-state index in [2.05, 4.69) is 61.9 Å². The van der Waals surface area contributed by atoms with Gasteiger partial charge in [-0.1, -0.05) is 38.0 Å². The highest BCUT2D eigenvalue weighted by molar-refractivity contribution is 6.00. The number of piperazine rings is 1. The molecule has 2 fully saturated rings. The second kappa shape index (κ2) is 10.2. The minimum Gasteiger partial charge on any atom is -0.342 e. The van der Waals surface area contributed by atoms with Crippen LogP contribution >= 0.6 is 0 Å². The van der Waals surface area contributed by atoms with Gasteiger partial charge in [-0.05, 0) is 58.1 Å². The average molecular weight is 476 g/mol. The summed E-state index contributed by atoms with van der Waals surface area (Å²) in [6, 6.07) is 9.71. The molecule has 1 aromatic carbocycles. The summed E-state index contributed by atoms with van der Waals surface area (Å²) in [4.78, 5) is 31.0. The minimum absolute atomic E-state index is 0.00493. The monoisotopic (exact) mass is 475 g/mol. The summed E-state index contributed by atoms with van der Waals surface area (Å²) in [5.41, 5.74) is 3.62. The number of piperidine rings is 1. The Morgan fingerprint density at radius 2 is 1.83 bits per heavy atom. The van der Waals surface area contributed by atoms with Crippen molar-refractivity contribution in [1.82, 2.24) is 24.9 Å². The number of para-hydroxylation sites is 1. The van der Waals surface area contributed by atoms with Gasteiger partial charge in [-0.3, -0.25) is 14.5 Å². The molecular weight excluding hydrogens is 438 g/mol. The summed E-state index contributed by atoms with van der Waals surface area (Å²) in [7, 11) is 0. The summed E-state index contributed by atoms with van der Waals surface area (Å²) in [5.74, 6) is 6.25. The third-order valence-electron chi connectivity index (χ3n) is 7.44. The topological polar surface area (TPSA) is 70.5 Å². The van der Waals surface area contributed by atoms with Crippen LogP contribution in [-0.2, 0) is 16.1 Å². The third kappa shape index (κ3) is 4.85. The highest BCUT2D eigenvalue weighted by atomic mass is 16.2. The van der Waals surface area contributed by atoms with Crippen molar-refractivity contribution in [2.45, 2.75) is 72.0 Å². The number of hydrogen-bond acceptors (Lipinski definition) is 4. The predicted octanol–water partition coefficient (Wildman–Crippen LogP) is 3.22. The fourth-order valence-electron chi connectivity index (χ4n) is 5.42. The lowest BCUT2D eigenvalue weighted by atomic mass is 9.81. The fourth-order valence-corrected chi connectivity index (χ4v) is 5.42. The van der Waals surface area contributed by atoms with Crippen molar-refractivity contribution < 1.29 is 9.59 Å². The smallest absolute Gasteiger partial charge is 0.246 e. The van der Waals surface area contributed by atoms with E-state index in [1.807, 2.05) is 22.9 Å². The van der Waals surface area contributed by atoms with Gasteiger partial charge in [0.2, 0.25) is 11.8 Å². The number of carbonyl (C=O) groups excluding carboxylic acids is 2. The Kier molecular flexibility index (Phi) is 7.32. The molecular formula is C28H37N5O2. The molecule has 0 bridgehead atoms. The minimum atomic E-state index is -0.816. The molecule has 2 saturated heterocycles. The zero-order chi connectivity index (χ0) is 25.2. The van der Waals surface area contributed by atoms with Gasteiger partial charge < -0.3 is 10.2 Å². The standard InChI is InChI=1S/C28H37N5O2/c1-6-7-15-32-26(34)25(18-20(2)3)29-27(35)28(32)13-16-31(17-14-28)19-24-21(4)30-33(22(24)5)23-11-9-8-10-12-23/h8-12,20,25H,13-19H2,1-5H3,(H,29,35). The number of benzene rings is 1. The van der Waals surface area contributed by atoms with Crippen molar-refractivity contribution in [2.24, 2.45) is 5.92 Å². The molecule has 1 spiro atoms. The number of amides is 2. The summed E-state index contributed by atoms with van der Waals surface area (Å²) in [6.07, 6.45) is 1.86. The molecule has 2 aliphatic heterocycles. The van der Waals surface area contributed by atoms with E-state index in [0.717, 1.165) is 36.7 Å². The van der Waals surface area contributed by atoms with E-state index in [-0.39, 0.29) is 11.8 Å². The van der Waals surface area contributed by atoms with E-state index in [1.165, 1.54) is 5.56 Å². The Labute approximate surface area is 208 Å². The second-order valence-corrected chi connectivity index (χ2v) is 10.2. The fraction of sp³-hybridized carbons (Fsp3) is 0.536. The number of hydrogen-bond donors (Lipinski definition) is 1. The van der Waals surface area contributed by atoms with Crippen molar-refractivity contribution in [3.8, 4) is 17.5 Å². The van der Waals surface area contributed by atoms with Crippen LogP contribution in [0, 0.1) is 31.6 Å². The molecule has 186 valence electrons. The van der Waals surface area contributed by atoms with Gasteiger partial charge in [-0.25, -0.2) is 4.68 Å². The maximum atomic E-state index is 13.4. The summed E-state index contributed by atoms with van der Waals surface area (Å²) < 4.78 is 2.00. The molecule has 4 rings (SSSR count). The molecule has 0 radical (unpaired) electrons. The first-order valence-electron chi connectivity index (χ1n) is 12.6.